The number of carbonyl (C=O) groups is 1. The molecule has 0 aromatic carbocycles. The predicted octanol–water partition coefficient (Wildman–Crippen LogP) is 2.97. The van der Waals surface area contributed by atoms with Gasteiger partial charge in [0.15, 0.2) is 5.76 Å². The van der Waals surface area contributed by atoms with E-state index in [0.29, 0.717) is 25.4 Å². The van der Waals surface area contributed by atoms with Gasteiger partial charge in [-0.15, -0.1) is 0 Å². The molecule has 3 aromatic heterocycles. The third-order valence-corrected chi connectivity index (χ3v) is 5.45. The number of likely N-dealkylation sites (tertiary alicyclic amines) is 1. The van der Waals surface area contributed by atoms with Gasteiger partial charge in [-0.2, -0.15) is 5.10 Å². The van der Waals surface area contributed by atoms with E-state index in [9.17, 15) is 4.79 Å². The van der Waals surface area contributed by atoms with E-state index in [1.165, 1.54) is 0 Å². The number of aromatic nitrogens is 5. The molecule has 152 valence electrons. The zero-order chi connectivity index (χ0) is 20.5. The minimum atomic E-state index is 0.111. The van der Waals surface area contributed by atoms with E-state index in [2.05, 4.69) is 15.2 Å². The monoisotopic (exact) mass is 394 g/mol. The van der Waals surface area contributed by atoms with E-state index >= 15 is 0 Å². The van der Waals surface area contributed by atoms with Gasteiger partial charge in [0.1, 0.15) is 12.4 Å². The first-order chi connectivity index (χ1) is 13.9. The summed E-state index contributed by atoms with van der Waals surface area (Å²) in [5.74, 6) is 1.80. The average Bonchev–Trinajstić information content (AvgIpc) is 3.26. The molecule has 8 heteroatoms. The maximum atomic E-state index is 12.7. The van der Waals surface area contributed by atoms with Gasteiger partial charge in [0.2, 0.25) is 5.91 Å². The Morgan fingerprint density at radius 3 is 2.52 bits per heavy atom. The van der Waals surface area contributed by atoms with Crippen LogP contribution in [0.3, 0.4) is 0 Å². The van der Waals surface area contributed by atoms with Gasteiger partial charge in [-0.25, -0.2) is 9.97 Å². The van der Waals surface area contributed by atoms with Crippen molar-refractivity contribution in [2.24, 2.45) is 0 Å². The third kappa shape index (κ3) is 4.06. The van der Waals surface area contributed by atoms with E-state index < -0.39 is 0 Å². The predicted molar refractivity (Wildman–Crippen MR) is 107 cm³/mol. The van der Waals surface area contributed by atoms with Crippen LogP contribution in [-0.2, 0) is 11.3 Å². The van der Waals surface area contributed by atoms with Crippen molar-refractivity contribution < 1.29 is 9.32 Å². The second-order valence-electron chi connectivity index (χ2n) is 7.79. The van der Waals surface area contributed by atoms with Crippen molar-refractivity contribution in [3.8, 4) is 11.3 Å². The Labute approximate surface area is 169 Å². The van der Waals surface area contributed by atoms with Gasteiger partial charge < -0.3 is 9.42 Å². The summed E-state index contributed by atoms with van der Waals surface area (Å²) in [6, 6.07) is 3.90. The second kappa shape index (κ2) is 7.77. The molecule has 4 heterocycles. The standard InChI is InChI=1S/C21H26N6O2/c1-13-9-15(3)27(24-13)12-20(28)26-7-5-17(6-8-26)21-18(11-22-16(4)23-21)19-10-14(2)25-29-19/h9-11,17H,5-8,12H2,1-4H3. The Morgan fingerprint density at radius 2 is 1.90 bits per heavy atom. The zero-order valence-corrected chi connectivity index (χ0v) is 17.3. The molecule has 0 aliphatic carbocycles. The molecule has 4 rings (SSSR count). The lowest BCUT2D eigenvalue weighted by Crippen LogP contribution is -2.40. The van der Waals surface area contributed by atoms with Crippen LogP contribution in [0.4, 0.5) is 0 Å². The van der Waals surface area contributed by atoms with Crippen molar-refractivity contribution >= 4 is 5.91 Å². The maximum absolute atomic E-state index is 12.7. The summed E-state index contributed by atoms with van der Waals surface area (Å²) in [5.41, 5.74) is 4.65. The number of rotatable bonds is 4. The quantitative estimate of drug-likeness (QED) is 0.676. The van der Waals surface area contributed by atoms with Crippen LogP contribution in [0.25, 0.3) is 11.3 Å². The van der Waals surface area contributed by atoms with Crippen molar-refractivity contribution in [1.82, 2.24) is 29.8 Å². The minimum absolute atomic E-state index is 0.111. The van der Waals surface area contributed by atoms with E-state index in [0.717, 1.165) is 47.0 Å². The van der Waals surface area contributed by atoms with Crippen molar-refractivity contribution in [1.29, 1.82) is 0 Å². The van der Waals surface area contributed by atoms with Crippen LogP contribution in [0.1, 0.15) is 47.4 Å². The Kier molecular flexibility index (Phi) is 5.17. The lowest BCUT2D eigenvalue weighted by atomic mass is 9.90. The van der Waals surface area contributed by atoms with E-state index in [1.807, 2.05) is 50.9 Å². The molecule has 0 radical (unpaired) electrons. The summed E-state index contributed by atoms with van der Waals surface area (Å²) in [7, 11) is 0. The molecular weight excluding hydrogens is 368 g/mol. The molecule has 3 aromatic rings. The highest BCUT2D eigenvalue weighted by molar-refractivity contribution is 5.76. The first-order valence-corrected chi connectivity index (χ1v) is 9.97. The number of nitrogens with zero attached hydrogens (tertiary/aromatic N) is 6. The van der Waals surface area contributed by atoms with Crippen LogP contribution in [-0.4, -0.2) is 48.8 Å². The highest BCUT2D eigenvalue weighted by atomic mass is 16.5. The molecule has 1 fully saturated rings. The highest BCUT2D eigenvalue weighted by Gasteiger charge is 2.28. The summed E-state index contributed by atoms with van der Waals surface area (Å²) in [5, 5.41) is 8.39. The van der Waals surface area contributed by atoms with Crippen molar-refractivity contribution in [2.75, 3.05) is 13.1 Å². The number of piperidine rings is 1. The van der Waals surface area contributed by atoms with Gasteiger partial charge in [-0.3, -0.25) is 9.48 Å². The van der Waals surface area contributed by atoms with Gasteiger partial charge >= 0.3 is 0 Å². The Morgan fingerprint density at radius 1 is 1.14 bits per heavy atom. The van der Waals surface area contributed by atoms with Crippen LogP contribution in [0.15, 0.2) is 22.9 Å². The van der Waals surface area contributed by atoms with Crippen molar-refractivity contribution in [3.63, 3.8) is 0 Å². The normalized spacial score (nSPS) is 15.1. The maximum Gasteiger partial charge on any atom is 0.244 e. The largest absolute Gasteiger partial charge is 0.356 e. The van der Waals surface area contributed by atoms with Crippen molar-refractivity contribution in [2.45, 2.75) is 53.0 Å². The first kappa shape index (κ1) is 19.3. The van der Waals surface area contributed by atoms with Crippen LogP contribution >= 0.6 is 0 Å². The Hall–Kier alpha value is -3.03. The summed E-state index contributed by atoms with van der Waals surface area (Å²) < 4.78 is 7.24. The van der Waals surface area contributed by atoms with Gasteiger partial charge in [-0.1, -0.05) is 5.16 Å². The van der Waals surface area contributed by atoms with Crippen LogP contribution in [0.5, 0.6) is 0 Å². The van der Waals surface area contributed by atoms with Crippen LogP contribution in [0.2, 0.25) is 0 Å². The van der Waals surface area contributed by atoms with E-state index in [-0.39, 0.29) is 11.8 Å². The third-order valence-electron chi connectivity index (χ3n) is 5.45. The number of amides is 1. The Bertz CT molecular complexity index is 1030. The molecule has 8 nitrogen and oxygen atoms in total. The fourth-order valence-corrected chi connectivity index (χ4v) is 3.94. The van der Waals surface area contributed by atoms with Crippen LogP contribution < -0.4 is 0 Å². The molecule has 0 spiro atoms. The summed E-state index contributed by atoms with van der Waals surface area (Å²) in [6.45, 7) is 9.42. The number of carbonyl (C=O) groups excluding carboxylic acids is 1. The van der Waals surface area contributed by atoms with Gasteiger partial charge in [0, 0.05) is 37.0 Å². The highest BCUT2D eigenvalue weighted by Crippen LogP contribution is 2.34. The lowest BCUT2D eigenvalue weighted by Gasteiger charge is -2.32. The molecule has 1 aliphatic heterocycles. The first-order valence-electron chi connectivity index (χ1n) is 9.97. The molecule has 0 unspecified atom stereocenters. The van der Waals surface area contributed by atoms with E-state index in [1.54, 1.807) is 4.68 Å². The number of hydrogen-bond acceptors (Lipinski definition) is 6. The lowest BCUT2D eigenvalue weighted by molar-refractivity contribution is -0.133. The zero-order valence-electron chi connectivity index (χ0n) is 17.3. The average molecular weight is 394 g/mol. The fourth-order valence-electron chi connectivity index (χ4n) is 3.94. The summed E-state index contributed by atoms with van der Waals surface area (Å²) in [6.07, 6.45) is 3.54. The molecular formula is C21H26N6O2. The SMILES string of the molecule is Cc1cc(-c2cnc(C)nc2C2CCN(C(=O)Cn3nc(C)cc3C)CC2)on1. The number of aryl methyl sites for hydroxylation is 4. The molecule has 0 atom stereocenters. The smallest absolute Gasteiger partial charge is 0.244 e. The number of hydrogen-bond donors (Lipinski definition) is 0. The topological polar surface area (TPSA) is 89.9 Å². The second-order valence-corrected chi connectivity index (χ2v) is 7.79. The Balaban J connectivity index is 1.46. The molecule has 0 saturated carbocycles. The van der Waals surface area contributed by atoms with E-state index in [4.69, 9.17) is 9.51 Å². The molecule has 1 amide bonds. The van der Waals surface area contributed by atoms with Crippen molar-refractivity contribution in [3.05, 3.63) is 46.9 Å². The molecule has 0 N–H and O–H groups in total. The van der Waals surface area contributed by atoms with Crippen LogP contribution in [0, 0.1) is 27.7 Å². The van der Waals surface area contributed by atoms with Gasteiger partial charge in [0.25, 0.3) is 0 Å². The van der Waals surface area contributed by atoms with Gasteiger partial charge in [-0.05, 0) is 46.6 Å². The molecule has 1 saturated heterocycles. The summed E-state index contributed by atoms with van der Waals surface area (Å²) >= 11 is 0. The summed E-state index contributed by atoms with van der Waals surface area (Å²) in [4.78, 5) is 23.7. The van der Waals surface area contributed by atoms with Gasteiger partial charge in [0.05, 0.1) is 22.6 Å². The molecule has 29 heavy (non-hydrogen) atoms. The molecule has 1 aliphatic rings. The fraction of sp³-hybridized carbons (Fsp3) is 0.476. The minimum Gasteiger partial charge on any atom is -0.356 e. The molecule has 0 bridgehead atoms.